The third-order valence-corrected chi connectivity index (χ3v) is 4.26. The molecular weight excluding hydrogens is 354 g/mol. The predicted octanol–water partition coefficient (Wildman–Crippen LogP) is 4.39. The van der Waals surface area contributed by atoms with Gasteiger partial charge >= 0.3 is 6.09 Å². The molecule has 3 rings (SSSR count). The summed E-state index contributed by atoms with van der Waals surface area (Å²) in [6.45, 7) is 11.4. The summed E-state index contributed by atoms with van der Waals surface area (Å²) in [5, 5.41) is 21.7. The molecule has 0 spiro atoms. The van der Waals surface area contributed by atoms with Crippen molar-refractivity contribution in [1.82, 2.24) is 10.0 Å². The van der Waals surface area contributed by atoms with E-state index in [0.29, 0.717) is 11.4 Å². The topological polar surface area (TPSA) is 81.3 Å². The van der Waals surface area contributed by atoms with E-state index in [0.717, 1.165) is 11.1 Å². The van der Waals surface area contributed by atoms with Crippen molar-refractivity contribution in [2.24, 2.45) is 15.6 Å². The number of hydrazone groups is 2. The van der Waals surface area contributed by atoms with E-state index in [1.165, 1.54) is 10.0 Å². The maximum atomic E-state index is 13.1. The number of allylic oxidation sites excluding steroid dienone is 2. The van der Waals surface area contributed by atoms with Crippen LogP contribution in [0.15, 0.2) is 46.2 Å². The van der Waals surface area contributed by atoms with E-state index in [-0.39, 0.29) is 5.41 Å². The highest BCUT2D eigenvalue weighted by atomic mass is 16.6. The molecule has 1 aromatic carbocycles. The lowest BCUT2D eigenvalue weighted by atomic mass is 9.89. The lowest BCUT2D eigenvalue weighted by molar-refractivity contribution is -0.00453. The van der Waals surface area contributed by atoms with Crippen LogP contribution in [-0.2, 0) is 4.74 Å². The number of carbonyl (C=O) groups is 1. The van der Waals surface area contributed by atoms with Gasteiger partial charge in [-0.15, -0.1) is 0 Å². The normalized spacial score (nSPS) is 19.0. The molecule has 1 atom stereocenters. The van der Waals surface area contributed by atoms with Gasteiger partial charge in [-0.05, 0) is 26.8 Å². The van der Waals surface area contributed by atoms with Crippen molar-refractivity contribution in [2.75, 3.05) is 0 Å². The molecule has 2 heterocycles. The molecule has 2 aliphatic rings. The number of hydrogen-bond donors (Lipinski definition) is 0. The summed E-state index contributed by atoms with van der Waals surface area (Å²) < 4.78 is 5.62. The minimum Gasteiger partial charge on any atom is -0.442 e. The van der Waals surface area contributed by atoms with Crippen molar-refractivity contribution in [3.63, 3.8) is 0 Å². The van der Waals surface area contributed by atoms with Gasteiger partial charge in [-0.25, -0.2) is 9.80 Å². The van der Waals surface area contributed by atoms with Crippen LogP contribution in [0.25, 0.3) is 0 Å². The maximum absolute atomic E-state index is 13.1. The van der Waals surface area contributed by atoms with Gasteiger partial charge in [-0.1, -0.05) is 45.0 Å². The van der Waals surface area contributed by atoms with E-state index < -0.39 is 17.9 Å². The Morgan fingerprint density at radius 1 is 1.18 bits per heavy atom. The van der Waals surface area contributed by atoms with Crippen molar-refractivity contribution in [2.45, 2.75) is 53.3 Å². The van der Waals surface area contributed by atoms with E-state index in [9.17, 15) is 10.1 Å². The van der Waals surface area contributed by atoms with Crippen LogP contribution < -0.4 is 0 Å². The van der Waals surface area contributed by atoms with Crippen LogP contribution in [0.2, 0.25) is 0 Å². The Hall–Kier alpha value is -3.14. The first kappa shape index (κ1) is 19.6. The average molecular weight is 379 g/mol. The molecule has 146 valence electrons. The predicted molar refractivity (Wildman–Crippen MR) is 107 cm³/mol. The van der Waals surface area contributed by atoms with Crippen molar-refractivity contribution in [3.05, 3.63) is 47.2 Å². The fourth-order valence-electron chi connectivity index (χ4n) is 2.91. The first-order valence-electron chi connectivity index (χ1n) is 9.16. The molecule has 7 nitrogen and oxygen atoms in total. The Morgan fingerprint density at radius 2 is 1.86 bits per heavy atom. The van der Waals surface area contributed by atoms with Crippen molar-refractivity contribution < 1.29 is 9.53 Å². The molecule has 2 aliphatic heterocycles. The fraction of sp³-hybridized carbons (Fsp3) is 0.429. The molecule has 0 radical (unpaired) electrons. The highest BCUT2D eigenvalue weighted by Gasteiger charge is 2.40. The van der Waals surface area contributed by atoms with Crippen LogP contribution in [0.3, 0.4) is 0 Å². The molecule has 7 heteroatoms. The van der Waals surface area contributed by atoms with Crippen molar-refractivity contribution in [3.8, 4) is 6.07 Å². The number of nitriles is 1. The highest BCUT2D eigenvalue weighted by molar-refractivity contribution is 6.00. The summed E-state index contributed by atoms with van der Waals surface area (Å²) in [6, 6.07) is 9.81. The Balaban J connectivity index is 2.21. The Kier molecular flexibility index (Phi) is 4.76. The third-order valence-electron chi connectivity index (χ3n) is 4.26. The molecule has 0 N–H and O–H groups in total. The van der Waals surface area contributed by atoms with E-state index in [2.05, 4.69) is 16.3 Å². The van der Waals surface area contributed by atoms with E-state index in [4.69, 9.17) is 4.74 Å². The van der Waals surface area contributed by atoms with Crippen molar-refractivity contribution in [1.29, 1.82) is 5.26 Å². The van der Waals surface area contributed by atoms with Crippen LogP contribution in [0.1, 0.15) is 58.8 Å². The van der Waals surface area contributed by atoms with Gasteiger partial charge < -0.3 is 4.74 Å². The maximum Gasteiger partial charge on any atom is 0.433 e. The molecule has 0 aliphatic carbocycles. The summed E-state index contributed by atoms with van der Waals surface area (Å²) in [6.07, 6.45) is 2.07. The van der Waals surface area contributed by atoms with Crippen LogP contribution in [0, 0.1) is 16.7 Å². The molecule has 28 heavy (non-hydrogen) atoms. The summed E-state index contributed by atoms with van der Waals surface area (Å²) in [4.78, 5) is 13.1. The first-order valence-corrected chi connectivity index (χ1v) is 9.16. The van der Waals surface area contributed by atoms with Crippen LogP contribution in [-0.4, -0.2) is 33.6 Å². The zero-order chi connectivity index (χ0) is 20.7. The SMILES string of the molecule is CC(C)(C)OC(=O)N1N=C(C(C)(C)C)C=C(C#N)N2N=Cc3ccccc3C12. The number of amides is 1. The standard InChI is InChI=1S/C21H25N5O2/c1-20(2,3)17-11-15(12-22)25-18(16-10-8-7-9-14(16)13-23-25)26(24-17)19(27)28-21(4,5)6/h7-11,13,18H,1-6H3. The molecule has 0 saturated carbocycles. The molecule has 0 bridgehead atoms. The monoisotopic (exact) mass is 379 g/mol. The Morgan fingerprint density at radius 3 is 2.46 bits per heavy atom. The number of benzene rings is 1. The zero-order valence-electron chi connectivity index (χ0n) is 17.1. The van der Waals surface area contributed by atoms with Gasteiger partial charge in [0.2, 0.25) is 0 Å². The van der Waals surface area contributed by atoms with Gasteiger partial charge in [0, 0.05) is 16.5 Å². The van der Waals surface area contributed by atoms with E-state index >= 15 is 0 Å². The summed E-state index contributed by atoms with van der Waals surface area (Å²) in [5.41, 5.74) is 1.52. The van der Waals surface area contributed by atoms with Crippen LogP contribution >= 0.6 is 0 Å². The summed E-state index contributed by atoms with van der Waals surface area (Å²) in [5.74, 6) is 0. The molecule has 0 fully saturated rings. The number of nitrogens with zero attached hydrogens (tertiary/aromatic N) is 5. The number of carbonyl (C=O) groups excluding carboxylic acids is 1. The molecule has 0 aromatic heterocycles. The largest absolute Gasteiger partial charge is 0.442 e. The van der Waals surface area contributed by atoms with Gasteiger partial charge in [0.25, 0.3) is 0 Å². The lowest BCUT2D eigenvalue weighted by Crippen LogP contribution is -2.43. The number of fused-ring (bicyclic) bond motifs is 3. The van der Waals surface area contributed by atoms with Gasteiger partial charge in [-0.2, -0.15) is 20.5 Å². The first-order chi connectivity index (χ1) is 13.0. The fourth-order valence-corrected chi connectivity index (χ4v) is 2.91. The third kappa shape index (κ3) is 3.77. The second-order valence-corrected chi connectivity index (χ2v) is 8.79. The summed E-state index contributed by atoms with van der Waals surface area (Å²) >= 11 is 0. The van der Waals surface area contributed by atoms with Gasteiger partial charge in [0.15, 0.2) is 6.17 Å². The van der Waals surface area contributed by atoms with Gasteiger partial charge in [-0.3, -0.25) is 0 Å². The highest BCUT2D eigenvalue weighted by Crippen LogP contribution is 2.37. The average Bonchev–Trinajstić information content (AvgIpc) is 2.77. The minimum absolute atomic E-state index is 0.315. The quantitative estimate of drug-likeness (QED) is 0.669. The lowest BCUT2D eigenvalue weighted by Gasteiger charge is -2.37. The second-order valence-electron chi connectivity index (χ2n) is 8.79. The second kappa shape index (κ2) is 6.79. The smallest absolute Gasteiger partial charge is 0.433 e. The van der Waals surface area contributed by atoms with Crippen LogP contribution in [0.5, 0.6) is 0 Å². The Bertz CT molecular complexity index is 925. The molecule has 1 unspecified atom stereocenters. The zero-order valence-corrected chi connectivity index (χ0v) is 17.1. The van der Waals surface area contributed by atoms with Gasteiger partial charge in [0.1, 0.15) is 17.4 Å². The number of rotatable bonds is 0. The van der Waals surface area contributed by atoms with Crippen LogP contribution in [0.4, 0.5) is 4.79 Å². The number of hydrogen-bond acceptors (Lipinski definition) is 6. The number of ether oxygens (including phenoxy) is 1. The Labute approximate surface area is 165 Å². The van der Waals surface area contributed by atoms with E-state index in [1.54, 1.807) is 33.1 Å². The van der Waals surface area contributed by atoms with Gasteiger partial charge in [0.05, 0.1) is 11.9 Å². The minimum atomic E-state index is -0.707. The molecule has 0 saturated heterocycles. The summed E-state index contributed by atoms with van der Waals surface area (Å²) in [7, 11) is 0. The van der Waals surface area contributed by atoms with Crippen molar-refractivity contribution >= 4 is 18.0 Å². The van der Waals surface area contributed by atoms with E-state index in [1.807, 2.05) is 45.0 Å². The molecule has 1 amide bonds. The molecular formula is C21H25N5O2. The molecule has 1 aromatic rings.